The molecule has 11 heavy (non-hydrogen) atoms. The van der Waals surface area contributed by atoms with Crippen molar-refractivity contribution >= 4 is 5.69 Å². The monoisotopic (exact) mass is 147 g/mol. The van der Waals surface area contributed by atoms with E-state index in [1.165, 1.54) is 5.56 Å². The second-order valence-corrected chi connectivity index (χ2v) is 2.44. The zero-order valence-corrected chi connectivity index (χ0v) is 6.80. The van der Waals surface area contributed by atoms with E-state index >= 15 is 0 Å². The van der Waals surface area contributed by atoms with Gasteiger partial charge in [-0.2, -0.15) is 0 Å². The van der Waals surface area contributed by atoms with Crippen molar-refractivity contribution < 1.29 is 0 Å². The summed E-state index contributed by atoms with van der Waals surface area (Å²) in [6.45, 7) is 3.69. The van der Waals surface area contributed by atoms with Crippen molar-refractivity contribution in [3.63, 3.8) is 0 Å². The molecule has 0 saturated carbocycles. The average Bonchev–Trinajstić information content (AvgIpc) is 2.06. The Balaban J connectivity index is 2.82. The molecule has 0 bridgehead atoms. The van der Waals surface area contributed by atoms with Gasteiger partial charge in [-0.05, 0) is 24.1 Å². The summed E-state index contributed by atoms with van der Waals surface area (Å²) in [5.41, 5.74) is 2.45. The molecule has 58 valence electrons. The molecule has 1 nitrogen and oxygen atoms in total. The fraction of sp³-hybridized carbons (Fsp3) is 0.200. The van der Waals surface area contributed by atoms with Crippen molar-refractivity contribution in [3.8, 4) is 0 Å². The van der Waals surface area contributed by atoms with Gasteiger partial charge in [0.1, 0.15) is 0 Å². The van der Waals surface area contributed by atoms with Crippen LogP contribution in [0.5, 0.6) is 0 Å². The molecular formula is C10H13N. The molecule has 1 aromatic carbocycles. The molecule has 0 radical (unpaired) electrons. The van der Waals surface area contributed by atoms with Crippen molar-refractivity contribution in [1.82, 2.24) is 0 Å². The summed E-state index contributed by atoms with van der Waals surface area (Å²) in [6.07, 6.45) is 2.85. The predicted molar refractivity (Wildman–Crippen MR) is 49.9 cm³/mol. The fourth-order valence-electron chi connectivity index (χ4n) is 1.02. The summed E-state index contributed by atoms with van der Waals surface area (Å²) in [6, 6.07) is 8.32. The maximum atomic E-state index is 3.69. The minimum Gasteiger partial charge on any atom is -0.388 e. The Bertz CT molecular complexity index is 240. The third kappa shape index (κ3) is 2.11. The summed E-state index contributed by atoms with van der Waals surface area (Å²) in [7, 11) is 1.92. The summed E-state index contributed by atoms with van der Waals surface area (Å²) in [5.74, 6) is 0. The van der Waals surface area contributed by atoms with E-state index in [9.17, 15) is 0 Å². The first-order valence-corrected chi connectivity index (χ1v) is 3.74. The molecule has 0 amide bonds. The quantitative estimate of drug-likeness (QED) is 0.647. The third-order valence-corrected chi connectivity index (χ3v) is 1.60. The molecule has 0 aliphatic carbocycles. The highest BCUT2D eigenvalue weighted by Crippen LogP contribution is 2.09. The Hall–Kier alpha value is -1.24. The standard InChI is InChI=1S/C10H13N/c1-3-5-9-6-4-7-10(8-9)11-2/h3-4,6-8,11H,1,5H2,2H3. The van der Waals surface area contributed by atoms with Crippen LogP contribution in [0.25, 0.3) is 0 Å². The Morgan fingerprint density at radius 3 is 3.00 bits per heavy atom. The Labute approximate surface area is 67.8 Å². The summed E-state index contributed by atoms with van der Waals surface area (Å²) in [4.78, 5) is 0. The van der Waals surface area contributed by atoms with E-state index in [0.717, 1.165) is 12.1 Å². The van der Waals surface area contributed by atoms with Gasteiger partial charge in [-0.1, -0.05) is 18.2 Å². The molecule has 0 aromatic heterocycles. The average molecular weight is 147 g/mol. The molecule has 1 N–H and O–H groups in total. The van der Waals surface area contributed by atoms with Crippen LogP contribution in [0, 0.1) is 0 Å². The lowest BCUT2D eigenvalue weighted by atomic mass is 10.1. The van der Waals surface area contributed by atoms with Gasteiger partial charge in [-0.3, -0.25) is 0 Å². The number of allylic oxidation sites excluding steroid dienone is 1. The molecule has 0 aliphatic rings. The van der Waals surface area contributed by atoms with Gasteiger partial charge in [0.15, 0.2) is 0 Å². The molecule has 0 saturated heterocycles. The molecule has 0 atom stereocenters. The number of hydrogen-bond donors (Lipinski definition) is 1. The number of benzene rings is 1. The van der Waals surface area contributed by atoms with Crippen LogP contribution in [-0.2, 0) is 6.42 Å². The Kier molecular flexibility index (Phi) is 2.73. The molecule has 0 fully saturated rings. The minimum absolute atomic E-state index is 0.940. The van der Waals surface area contributed by atoms with Crippen LogP contribution in [0.2, 0.25) is 0 Å². The Morgan fingerprint density at radius 2 is 2.36 bits per heavy atom. The second-order valence-electron chi connectivity index (χ2n) is 2.44. The van der Waals surface area contributed by atoms with E-state index in [-0.39, 0.29) is 0 Å². The molecule has 1 aromatic rings. The van der Waals surface area contributed by atoms with Gasteiger partial charge in [-0.25, -0.2) is 0 Å². The molecule has 1 heteroatoms. The largest absolute Gasteiger partial charge is 0.388 e. The van der Waals surface area contributed by atoms with Gasteiger partial charge in [0.25, 0.3) is 0 Å². The van der Waals surface area contributed by atoms with Gasteiger partial charge in [-0.15, -0.1) is 6.58 Å². The molecule has 0 heterocycles. The van der Waals surface area contributed by atoms with Gasteiger partial charge in [0.2, 0.25) is 0 Å². The van der Waals surface area contributed by atoms with Gasteiger partial charge < -0.3 is 5.32 Å². The zero-order valence-electron chi connectivity index (χ0n) is 6.80. The Morgan fingerprint density at radius 1 is 1.55 bits per heavy atom. The highest BCUT2D eigenvalue weighted by atomic mass is 14.8. The van der Waals surface area contributed by atoms with E-state index < -0.39 is 0 Å². The predicted octanol–water partition coefficient (Wildman–Crippen LogP) is 2.46. The van der Waals surface area contributed by atoms with E-state index in [4.69, 9.17) is 0 Å². The smallest absolute Gasteiger partial charge is 0.0340 e. The van der Waals surface area contributed by atoms with Crippen LogP contribution < -0.4 is 5.32 Å². The highest BCUT2D eigenvalue weighted by Gasteiger charge is 1.90. The number of nitrogens with one attached hydrogen (secondary N) is 1. The lowest BCUT2D eigenvalue weighted by molar-refractivity contribution is 1.27. The summed E-state index contributed by atoms with van der Waals surface area (Å²) in [5, 5.41) is 3.09. The molecule has 0 spiro atoms. The van der Waals surface area contributed by atoms with Crippen LogP contribution >= 0.6 is 0 Å². The molecule has 0 aliphatic heterocycles. The van der Waals surface area contributed by atoms with Gasteiger partial charge >= 0.3 is 0 Å². The number of anilines is 1. The van der Waals surface area contributed by atoms with Crippen LogP contribution in [0.3, 0.4) is 0 Å². The molecular weight excluding hydrogens is 134 g/mol. The number of hydrogen-bond acceptors (Lipinski definition) is 1. The fourth-order valence-corrected chi connectivity index (χ4v) is 1.02. The summed E-state index contributed by atoms with van der Waals surface area (Å²) >= 11 is 0. The van der Waals surface area contributed by atoms with Crippen LogP contribution in [0.1, 0.15) is 5.56 Å². The van der Waals surface area contributed by atoms with Crippen molar-refractivity contribution in [3.05, 3.63) is 42.5 Å². The minimum atomic E-state index is 0.940. The normalized spacial score (nSPS) is 9.18. The lowest BCUT2D eigenvalue weighted by Crippen LogP contribution is -1.88. The second kappa shape index (κ2) is 3.81. The van der Waals surface area contributed by atoms with Gasteiger partial charge in [0, 0.05) is 12.7 Å². The van der Waals surface area contributed by atoms with Crippen LogP contribution in [0.4, 0.5) is 5.69 Å². The highest BCUT2D eigenvalue weighted by molar-refractivity contribution is 5.45. The topological polar surface area (TPSA) is 12.0 Å². The SMILES string of the molecule is C=CCc1cccc(NC)c1. The lowest BCUT2D eigenvalue weighted by Gasteiger charge is -2.01. The van der Waals surface area contributed by atoms with E-state index in [0.29, 0.717) is 0 Å². The molecule has 0 unspecified atom stereocenters. The molecule has 1 rings (SSSR count). The van der Waals surface area contributed by atoms with Crippen LogP contribution in [-0.4, -0.2) is 7.05 Å². The third-order valence-electron chi connectivity index (χ3n) is 1.60. The van der Waals surface area contributed by atoms with Crippen LogP contribution in [0.15, 0.2) is 36.9 Å². The maximum Gasteiger partial charge on any atom is 0.0340 e. The van der Waals surface area contributed by atoms with Crippen molar-refractivity contribution in [1.29, 1.82) is 0 Å². The first-order chi connectivity index (χ1) is 5.36. The first kappa shape index (κ1) is 7.86. The van der Waals surface area contributed by atoms with E-state index in [2.05, 4.69) is 24.0 Å². The van der Waals surface area contributed by atoms with Gasteiger partial charge in [0.05, 0.1) is 0 Å². The van der Waals surface area contributed by atoms with E-state index in [1.807, 2.05) is 25.3 Å². The summed E-state index contributed by atoms with van der Waals surface area (Å²) < 4.78 is 0. The van der Waals surface area contributed by atoms with Crippen molar-refractivity contribution in [2.45, 2.75) is 6.42 Å². The van der Waals surface area contributed by atoms with Crippen molar-refractivity contribution in [2.75, 3.05) is 12.4 Å². The maximum absolute atomic E-state index is 3.69. The number of rotatable bonds is 3. The van der Waals surface area contributed by atoms with E-state index in [1.54, 1.807) is 0 Å². The van der Waals surface area contributed by atoms with Crippen molar-refractivity contribution in [2.24, 2.45) is 0 Å². The first-order valence-electron chi connectivity index (χ1n) is 3.74. The zero-order chi connectivity index (χ0) is 8.10.